The Balaban J connectivity index is 2.52. The number of nitrogens with one attached hydrogen (secondary N) is 1. The molecule has 0 bridgehead atoms. The van der Waals surface area contributed by atoms with Crippen LogP contribution < -0.4 is 5.32 Å². The van der Waals surface area contributed by atoms with E-state index in [0.29, 0.717) is 18.1 Å². The van der Waals surface area contributed by atoms with Gasteiger partial charge in [0, 0.05) is 25.6 Å². The first-order valence-electron chi connectivity index (χ1n) is 6.36. The van der Waals surface area contributed by atoms with E-state index in [1.165, 1.54) is 4.31 Å². The number of amides is 1. The van der Waals surface area contributed by atoms with Gasteiger partial charge in [0.25, 0.3) is 0 Å². The van der Waals surface area contributed by atoms with Gasteiger partial charge in [-0.3, -0.25) is 4.79 Å². The molecule has 0 atom stereocenters. The Morgan fingerprint density at radius 1 is 1.50 bits per heavy atom. The second kappa shape index (κ2) is 6.85. The summed E-state index contributed by atoms with van der Waals surface area (Å²) in [4.78, 5) is 11.7. The summed E-state index contributed by atoms with van der Waals surface area (Å²) < 4.78 is 29.4. The largest absolute Gasteiger partial charge is 0.360 e. The van der Waals surface area contributed by atoms with Crippen molar-refractivity contribution in [2.75, 3.05) is 24.7 Å². The molecule has 20 heavy (non-hydrogen) atoms. The highest BCUT2D eigenvalue weighted by Crippen LogP contribution is 2.09. The van der Waals surface area contributed by atoms with Gasteiger partial charge in [-0.2, -0.15) is 0 Å². The topological polar surface area (TPSA) is 92.5 Å². The van der Waals surface area contributed by atoms with Gasteiger partial charge in [-0.25, -0.2) is 12.7 Å². The van der Waals surface area contributed by atoms with E-state index in [9.17, 15) is 13.2 Å². The van der Waals surface area contributed by atoms with Crippen molar-refractivity contribution < 1.29 is 17.7 Å². The monoisotopic (exact) mass is 303 g/mol. The highest BCUT2D eigenvalue weighted by molar-refractivity contribution is 7.88. The van der Waals surface area contributed by atoms with Gasteiger partial charge in [0.1, 0.15) is 5.76 Å². The number of nitrogens with zero attached hydrogens (tertiary/aromatic N) is 2. The maximum atomic E-state index is 11.7. The number of anilines is 1. The summed E-state index contributed by atoms with van der Waals surface area (Å²) in [5.74, 6) is 0.835. The molecule has 0 radical (unpaired) electrons. The van der Waals surface area contributed by atoms with E-state index in [1.807, 2.05) is 13.8 Å². The lowest BCUT2D eigenvalue weighted by Gasteiger charge is -2.21. The predicted octanol–water partition coefficient (Wildman–Crippen LogP) is 1.23. The Labute approximate surface area is 119 Å². The van der Waals surface area contributed by atoms with E-state index in [2.05, 4.69) is 10.5 Å². The minimum Gasteiger partial charge on any atom is -0.360 e. The zero-order valence-electron chi connectivity index (χ0n) is 12.2. The minimum atomic E-state index is -3.31. The lowest BCUT2D eigenvalue weighted by molar-refractivity contribution is -0.116. The first-order chi connectivity index (χ1) is 9.18. The number of sulfonamides is 1. The van der Waals surface area contributed by atoms with Gasteiger partial charge in [-0.05, 0) is 12.8 Å². The Morgan fingerprint density at radius 3 is 2.60 bits per heavy atom. The number of carbonyl (C=O) groups is 1. The Bertz CT molecular complexity index is 551. The van der Waals surface area contributed by atoms with Crippen LogP contribution >= 0.6 is 0 Å². The van der Waals surface area contributed by atoms with E-state index in [1.54, 1.807) is 13.0 Å². The van der Waals surface area contributed by atoms with Crippen LogP contribution in [0.3, 0.4) is 0 Å². The molecule has 1 N–H and O–H groups in total. The molecule has 1 aromatic heterocycles. The molecule has 1 heterocycles. The van der Waals surface area contributed by atoms with Gasteiger partial charge in [-0.1, -0.05) is 19.0 Å². The molecule has 1 aromatic rings. The second-order valence-electron chi connectivity index (χ2n) is 5.14. The molecule has 0 unspecified atom stereocenters. The summed E-state index contributed by atoms with van der Waals surface area (Å²) in [6, 6.07) is 1.60. The summed E-state index contributed by atoms with van der Waals surface area (Å²) in [5.41, 5.74) is 0. The Hall–Kier alpha value is -1.41. The molecule has 0 spiro atoms. The maximum absolute atomic E-state index is 11.7. The van der Waals surface area contributed by atoms with Gasteiger partial charge in [0.15, 0.2) is 5.82 Å². The van der Waals surface area contributed by atoms with Gasteiger partial charge < -0.3 is 9.84 Å². The van der Waals surface area contributed by atoms with E-state index in [4.69, 9.17) is 4.52 Å². The number of hydrogen-bond acceptors (Lipinski definition) is 5. The molecule has 0 fully saturated rings. The molecule has 0 aliphatic heterocycles. The van der Waals surface area contributed by atoms with Crippen LogP contribution in [0, 0.1) is 12.8 Å². The average molecular weight is 303 g/mol. The third kappa shape index (κ3) is 5.70. The van der Waals surface area contributed by atoms with Crippen molar-refractivity contribution in [3.8, 4) is 0 Å². The highest BCUT2D eigenvalue weighted by atomic mass is 32.2. The quantitative estimate of drug-likeness (QED) is 0.818. The van der Waals surface area contributed by atoms with Crippen molar-refractivity contribution >= 4 is 21.7 Å². The van der Waals surface area contributed by atoms with Crippen LogP contribution in [0.25, 0.3) is 0 Å². The fourth-order valence-corrected chi connectivity index (χ4v) is 2.65. The fraction of sp³-hybridized carbons (Fsp3) is 0.667. The van der Waals surface area contributed by atoms with Crippen LogP contribution in [0.5, 0.6) is 0 Å². The van der Waals surface area contributed by atoms with Crippen molar-refractivity contribution in [2.24, 2.45) is 5.92 Å². The minimum absolute atomic E-state index is 0.0751. The molecule has 0 saturated heterocycles. The van der Waals surface area contributed by atoms with Crippen LogP contribution in [0.4, 0.5) is 5.82 Å². The molecule has 0 saturated carbocycles. The first kappa shape index (κ1) is 16.6. The maximum Gasteiger partial charge on any atom is 0.226 e. The third-order valence-electron chi connectivity index (χ3n) is 2.52. The van der Waals surface area contributed by atoms with Crippen LogP contribution in [-0.4, -0.2) is 43.1 Å². The lowest BCUT2D eigenvalue weighted by Crippen LogP contribution is -2.35. The zero-order valence-corrected chi connectivity index (χ0v) is 13.0. The van der Waals surface area contributed by atoms with Gasteiger partial charge in [-0.15, -0.1) is 0 Å². The van der Waals surface area contributed by atoms with E-state index in [0.717, 1.165) is 6.26 Å². The molecule has 114 valence electrons. The fourth-order valence-electron chi connectivity index (χ4n) is 1.66. The number of aryl methyl sites for hydroxylation is 1. The molecular weight excluding hydrogens is 282 g/mol. The van der Waals surface area contributed by atoms with Crippen molar-refractivity contribution in [2.45, 2.75) is 27.2 Å². The van der Waals surface area contributed by atoms with E-state index in [-0.39, 0.29) is 24.8 Å². The van der Waals surface area contributed by atoms with Crippen LogP contribution in [0.1, 0.15) is 26.0 Å². The number of carbonyl (C=O) groups excluding carboxylic acids is 1. The Morgan fingerprint density at radius 2 is 2.15 bits per heavy atom. The van der Waals surface area contributed by atoms with Crippen LogP contribution in [-0.2, 0) is 14.8 Å². The van der Waals surface area contributed by atoms with Gasteiger partial charge in [0.05, 0.1) is 6.26 Å². The standard InChI is InChI=1S/C12H21N3O4S/c1-9(2)8-15(20(4,17)18)6-5-12(16)13-11-7-10(3)19-14-11/h7,9H,5-6,8H2,1-4H3,(H,13,14,16). The highest BCUT2D eigenvalue weighted by Gasteiger charge is 2.19. The van der Waals surface area contributed by atoms with Gasteiger partial charge in [0.2, 0.25) is 15.9 Å². The van der Waals surface area contributed by atoms with Crippen LogP contribution in [0.2, 0.25) is 0 Å². The molecule has 0 aromatic carbocycles. The van der Waals surface area contributed by atoms with Crippen molar-refractivity contribution in [1.29, 1.82) is 0 Å². The smallest absolute Gasteiger partial charge is 0.226 e. The van der Waals surface area contributed by atoms with Crippen LogP contribution in [0.15, 0.2) is 10.6 Å². The second-order valence-corrected chi connectivity index (χ2v) is 7.12. The molecule has 1 amide bonds. The summed E-state index contributed by atoms with van der Waals surface area (Å²) in [6.45, 7) is 6.12. The third-order valence-corrected chi connectivity index (χ3v) is 3.79. The zero-order chi connectivity index (χ0) is 15.3. The molecule has 7 nitrogen and oxygen atoms in total. The molecular formula is C12H21N3O4S. The van der Waals surface area contributed by atoms with Crippen molar-refractivity contribution in [3.05, 3.63) is 11.8 Å². The normalized spacial score (nSPS) is 12.1. The number of hydrogen-bond donors (Lipinski definition) is 1. The Kier molecular flexibility index (Phi) is 5.70. The first-order valence-corrected chi connectivity index (χ1v) is 8.21. The molecule has 8 heteroatoms. The van der Waals surface area contributed by atoms with E-state index >= 15 is 0 Å². The van der Waals surface area contributed by atoms with Crippen molar-refractivity contribution in [1.82, 2.24) is 9.46 Å². The average Bonchev–Trinajstić information content (AvgIpc) is 2.68. The number of aromatic nitrogens is 1. The lowest BCUT2D eigenvalue weighted by atomic mass is 10.2. The van der Waals surface area contributed by atoms with Crippen molar-refractivity contribution in [3.63, 3.8) is 0 Å². The summed E-state index contributed by atoms with van der Waals surface area (Å²) in [7, 11) is -3.31. The summed E-state index contributed by atoms with van der Waals surface area (Å²) in [6.07, 6.45) is 1.22. The SMILES string of the molecule is Cc1cc(NC(=O)CCN(CC(C)C)S(C)(=O)=O)no1. The summed E-state index contributed by atoms with van der Waals surface area (Å²) in [5, 5.41) is 6.20. The predicted molar refractivity (Wildman–Crippen MR) is 75.7 cm³/mol. The number of rotatable bonds is 7. The molecule has 0 aliphatic carbocycles. The van der Waals surface area contributed by atoms with E-state index < -0.39 is 10.0 Å². The van der Waals surface area contributed by atoms with Gasteiger partial charge >= 0.3 is 0 Å². The molecule has 1 rings (SSSR count). The summed E-state index contributed by atoms with van der Waals surface area (Å²) >= 11 is 0. The molecule has 0 aliphatic rings.